The van der Waals surface area contributed by atoms with Crippen LogP contribution >= 0.6 is 15.9 Å². The van der Waals surface area contributed by atoms with E-state index in [1.54, 1.807) is 6.08 Å². The molecule has 0 amide bonds. The van der Waals surface area contributed by atoms with E-state index >= 15 is 0 Å². The van der Waals surface area contributed by atoms with Crippen molar-refractivity contribution in [3.8, 4) is 0 Å². The predicted octanol–water partition coefficient (Wildman–Crippen LogP) is 4.65. The maximum atomic E-state index is 11.9. The Morgan fingerprint density at radius 2 is 1.83 bits per heavy atom. The number of benzene rings is 2. The molecule has 0 saturated heterocycles. The number of hydrogen-bond donors (Lipinski definition) is 0. The molecule has 0 saturated carbocycles. The fourth-order valence-corrected chi connectivity index (χ4v) is 1.92. The highest BCUT2D eigenvalue weighted by molar-refractivity contribution is 9.10. The summed E-state index contributed by atoms with van der Waals surface area (Å²) in [6, 6.07) is 15.4. The molecule has 1 nitrogen and oxygen atoms in total. The number of rotatable bonds is 3. The second-order valence-electron chi connectivity index (χ2n) is 4.12. The minimum Gasteiger partial charge on any atom is -0.289 e. The molecule has 2 aromatic rings. The molecule has 0 aliphatic carbocycles. The van der Waals surface area contributed by atoms with E-state index < -0.39 is 0 Å². The third-order valence-electron chi connectivity index (χ3n) is 2.60. The van der Waals surface area contributed by atoms with E-state index in [2.05, 4.69) is 15.9 Å². The van der Waals surface area contributed by atoms with Crippen LogP contribution in [0.2, 0.25) is 0 Å². The molecular formula is C16H13BrO. The van der Waals surface area contributed by atoms with Crippen LogP contribution < -0.4 is 0 Å². The quantitative estimate of drug-likeness (QED) is 0.595. The van der Waals surface area contributed by atoms with Crippen molar-refractivity contribution in [2.24, 2.45) is 0 Å². The molecular weight excluding hydrogens is 288 g/mol. The summed E-state index contributed by atoms with van der Waals surface area (Å²) in [5.41, 5.74) is 2.93. The molecule has 0 spiro atoms. The van der Waals surface area contributed by atoms with Crippen LogP contribution in [-0.2, 0) is 0 Å². The molecule has 0 atom stereocenters. The summed E-state index contributed by atoms with van der Waals surface area (Å²) in [5, 5.41) is 0. The fourth-order valence-electron chi connectivity index (χ4n) is 1.66. The van der Waals surface area contributed by atoms with Crippen LogP contribution in [0.5, 0.6) is 0 Å². The van der Waals surface area contributed by atoms with E-state index in [9.17, 15) is 4.79 Å². The zero-order chi connectivity index (χ0) is 13.0. The van der Waals surface area contributed by atoms with Gasteiger partial charge in [0.1, 0.15) is 0 Å². The van der Waals surface area contributed by atoms with Crippen molar-refractivity contribution >= 4 is 27.8 Å². The van der Waals surface area contributed by atoms with Gasteiger partial charge in [0.25, 0.3) is 0 Å². The summed E-state index contributed by atoms with van der Waals surface area (Å²) in [5.74, 6) is 0.0176. The highest BCUT2D eigenvalue weighted by Gasteiger charge is 2.00. The lowest BCUT2D eigenvalue weighted by molar-refractivity contribution is 0.104. The molecule has 0 radical (unpaired) electrons. The second kappa shape index (κ2) is 5.78. The molecule has 0 N–H and O–H groups in total. The highest BCUT2D eigenvalue weighted by atomic mass is 79.9. The minimum absolute atomic E-state index is 0.0176. The Labute approximate surface area is 115 Å². The largest absolute Gasteiger partial charge is 0.289 e. The van der Waals surface area contributed by atoms with Gasteiger partial charge in [0.2, 0.25) is 0 Å². The minimum atomic E-state index is 0.0176. The summed E-state index contributed by atoms with van der Waals surface area (Å²) >= 11 is 3.35. The molecule has 18 heavy (non-hydrogen) atoms. The average Bonchev–Trinajstić information content (AvgIpc) is 2.37. The molecule has 0 aliphatic rings. The first-order valence-electron chi connectivity index (χ1n) is 5.70. The third kappa shape index (κ3) is 3.41. The first-order chi connectivity index (χ1) is 8.65. The SMILES string of the molecule is Cc1cccc(/C=C/C(=O)c2ccc(Br)cc2)c1. The zero-order valence-electron chi connectivity index (χ0n) is 10.1. The number of aryl methyl sites for hydroxylation is 1. The van der Waals surface area contributed by atoms with Crippen LogP contribution in [0.3, 0.4) is 0 Å². The molecule has 2 aromatic carbocycles. The van der Waals surface area contributed by atoms with Crippen LogP contribution in [0.4, 0.5) is 0 Å². The van der Waals surface area contributed by atoms with Gasteiger partial charge in [-0.15, -0.1) is 0 Å². The monoisotopic (exact) mass is 300 g/mol. The topological polar surface area (TPSA) is 17.1 Å². The Morgan fingerprint density at radius 1 is 1.11 bits per heavy atom. The van der Waals surface area contributed by atoms with Gasteiger partial charge >= 0.3 is 0 Å². The smallest absolute Gasteiger partial charge is 0.185 e. The molecule has 0 bridgehead atoms. The van der Waals surface area contributed by atoms with Crippen LogP contribution in [0.15, 0.2) is 59.1 Å². The van der Waals surface area contributed by atoms with Crippen molar-refractivity contribution in [2.75, 3.05) is 0 Å². The summed E-state index contributed by atoms with van der Waals surface area (Å²) in [7, 11) is 0. The van der Waals surface area contributed by atoms with E-state index in [1.165, 1.54) is 5.56 Å². The van der Waals surface area contributed by atoms with Crippen molar-refractivity contribution in [1.82, 2.24) is 0 Å². The number of allylic oxidation sites excluding steroid dienone is 1. The summed E-state index contributed by atoms with van der Waals surface area (Å²) < 4.78 is 0.974. The van der Waals surface area contributed by atoms with Gasteiger partial charge in [0.15, 0.2) is 5.78 Å². The lowest BCUT2D eigenvalue weighted by atomic mass is 10.1. The number of carbonyl (C=O) groups is 1. The Hall–Kier alpha value is -1.67. The second-order valence-corrected chi connectivity index (χ2v) is 5.03. The fraction of sp³-hybridized carbons (Fsp3) is 0.0625. The van der Waals surface area contributed by atoms with Crippen LogP contribution in [0.1, 0.15) is 21.5 Å². The first kappa shape index (κ1) is 12.8. The Bertz CT molecular complexity index is 582. The molecule has 90 valence electrons. The lowest BCUT2D eigenvalue weighted by Gasteiger charge is -1.97. The Morgan fingerprint density at radius 3 is 2.50 bits per heavy atom. The van der Waals surface area contributed by atoms with Gasteiger partial charge < -0.3 is 0 Å². The van der Waals surface area contributed by atoms with Gasteiger partial charge in [0, 0.05) is 10.0 Å². The van der Waals surface area contributed by atoms with E-state index in [0.717, 1.165) is 10.0 Å². The van der Waals surface area contributed by atoms with Gasteiger partial charge in [-0.2, -0.15) is 0 Å². The Kier molecular flexibility index (Phi) is 4.11. The van der Waals surface area contributed by atoms with Gasteiger partial charge in [0.05, 0.1) is 0 Å². The van der Waals surface area contributed by atoms with Crippen molar-refractivity contribution < 1.29 is 4.79 Å². The maximum Gasteiger partial charge on any atom is 0.185 e. The van der Waals surface area contributed by atoms with Gasteiger partial charge in [-0.3, -0.25) is 4.79 Å². The van der Waals surface area contributed by atoms with Crippen LogP contribution in [0, 0.1) is 6.92 Å². The molecule has 0 heterocycles. The molecule has 0 unspecified atom stereocenters. The number of halogens is 1. The van der Waals surface area contributed by atoms with Crippen molar-refractivity contribution in [3.05, 3.63) is 75.8 Å². The third-order valence-corrected chi connectivity index (χ3v) is 3.13. The molecule has 2 rings (SSSR count). The number of hydrogen-bond acceptors (Lipinski definition) is 1. The molecule has 0 aliphatic heterocycles. The van der Waals surface area contributed by atoms with Crippen LogP contribution in [0.25, 0.3) is 6.08 Å². The maximum absolute atomic E-state index is 11.9. The summed E-state index contributed by atoms with van der Waals surface area (Å²) in [6.45, 7) is 2.04. The molecule has 2 heteroatoms. The first-order valence-corrected chi connectivity index (χ1v) is 6.49. The van der Waals surface area contributed by atoms with Gasteiger partial charge in [-0.25, -0.2) is 0 Å². The van der Waals surface area contributed by atoms with E-state index in [4.69, 9.17) is 0 Å². The molecule has 0 aromatic heterocycles. The normalized spacial score (nSPS) is 10.8. The highest BCUT2D eigenvalue weighted by Crippen LogP contribution is 2.12. The number of ketones is 1. The summed E-state index contributed by atoms with van der Waals surface area (Å²) in [4.78, 5) is 11.9. The standard InChI is InChI=1S/C16H13BrO/c1-12-3-2-4-13(11-12)5-10-16(18)14-6-8-15(17)9-7-14/h2-11H,1H3/b10-5+. The van der Waals surface area contributed by atoms with Crippen molar-refractivity contribution in [2.45, 2.75) is 6.92 Å². The number of carbonyl (C=O) groups excluding carboxylic acids is 1. The van der Waals surface area contributed by atoms with E-state index in [0.29, 0.717) is 5.56 Å². The van der Waals surface area contributed by atoms with Gasteiger partial charge in [-0.1, -0.05) is 51.8 Å². The summed E-state index contributed by atoms with van der Waals surface area (Å²) in [6.07, 6.45) is 3.45. The van der Waals surface area contributed by atoms with E-state index in [1.807, 2.05) is 61.5 Å². The van der Waals surface area contributed by atoms with Gasteiger partial charge in [-0.05, 0) is 42.8 Å². The predicted molar refractivity (Wildman–Crippen MR) is 78.7 cm³/mol. The van der Waals surface area contributed by atoms with Crippen molar-refractivity contribution in [1.29, 1.82) is 0 Å². The van der Waals surface area contributed by atoms with Crippen LogP contribution in [-0.4, -0.2) is 5.78 Å². The van der Waals surface area contributed by atoms with Crippen molar-refractivity contribution in [3.63, 3.8) is 0 Å². The zero-order valence-corrected chi connectivity index (χ0v) is 11.6. The lowest BCUT2D eigenvalue weighted by Crippen LogP contribution is -1.93. The Balaban J connectivity index is 2.14. The molecule has 0 fully saturated rings. The van der Waals surface area contributed by atoms with E-state index in [-0.39, 0.29) is 5.78 Å². The average molecular weight is 301 g/mol.